The Morgan fingerprint density at radius 2 is 1.97 bits per heavy atom. The van der Waals surface area contributed by atoms with E-state index in [4.69, 9.17) is 4.98 Å². The second-order valence-electron chi connectivity index (χ2n) is 8.02. The summed E-state index contributed by atoms with van der Waals surface area (Å²) < 4.78 is 3.23. The van der Waals surface area contributed by atoms with Crippen molar-refractivity contribution in [2.75, 3.05) is 23.3 Å². The van der Waals surface area contributed by atoms with Crippen molar-refractivity contribution in [1.82, 2.24) is 14.5 Å². The highest BCUT2D eigenvalue weighted by Crippen LogP contribution is 2.32. The van der Waals surface area contributed by atoms with E-state index in [9.17, 15) is 4.79 Å². The fourth-order valence-electron chi connectivity index (χ4n) is 4.16. The molecule has 31 heavy (non-hydrogen) atoms. The van der Waals surface area contributed by atoms with Crippen molar-refractivity contribution in [3.05, 3.63) is 71.3 Å². The van der Waals surface area contributed by atoms with E-state index in [2.05, 4.69) is 19.8 Å². The maximum Gasteiger partial charge on any atom is 0.257 e. The average Bonchev–Trinajstić information content (AvgIpc) is 3.50. The third-order valence-electron chi connectivity index (χ3n) is 5.88. The first-order valence-corrected chi connectivity index (χ1v) is 11.4. The average molecular weight is 432 g/mol. The molecule has 4 heterocycles. The normalized spacial score (nSPS) is 13.8. The summed E-state index contributed by atoms with van der Waals surface area (Å²) in [5, 5.41) is 4.15. The molecule has 3 aromatic heterocycles. The second-order valence-corrected chi connectivity index (χ2v) is 9.03. The number of fused-ring (bicyclic) bond motifs is 1. The summed E-state index contributed by atoms with van der Waals surface area (Å²) >= 11 is 1.70. The van der Waals surface area contributed by atoms with Crippen molar-refractivity contribution in [3.63, 3.8) is 0 Å². The molecule has 0 radical (unpaired) electrons. The van der Waals surface area contributed by atoms with E-state index in [-0.39, 0.29) is 5.91 Å². The van der Waals surface area contributed by atoms with E-state index in [0.29, 0.717) is 12.1 Å². The molecular formula is C24H25N5OS. The molecule has 0 unspecified atom stereocenters. The van der Waals surface area contributed by atoms with Gasteiger partial charge >= 0.3 is 0 Å². The highest BCUT2D eigenvalue weighted by Gasteiger charge is 2.18. The summed E-state index contributed by atoms with van der Waals surface area (Å²) in [4.78, 5) is 24.6. The van der Waals surface area contributed by atoms with Crippen molar-refractivity contribution >= 4 is 38.3 Å². The first-order chi connectivity index (χ1) is 15.1. The molecule has 1 aliphatic heterocycles. The molecular weight excluding hydrogens is 406 g/mol. The standard InChI is InChI=1S/C24H25N5OS/c1-16-13-20(17(2)29(16)15-19-7-3-4-10-25-19)23(30)26-18-8-9-21-22(14-18)31-24(27-21)28-11-5-6-12-28/h3-4,7-10,13-14H,5-6,11-12,15H2,1-2H3,(H,26,30). The van der Waals surface area contributed by atoms with Crippen molar-refractivity contribution in [2.24, 2.45) is 0 Å². The lowest BCUT2D eigenvalue weighted by molar-refractivity contribution is 0.102. The maximum atomic E-state index is 13.0. The number of nitrogens with one attached hydrogen (secondary N) is 1. The quantitative estimate of drug-likeness (QED) is 0.482. The second kappa shape index (κ2) is 8.15. The van der Waals surface area contributed by atoms with Gasteiger partial charge in [0, 0.05) is 36.4 Å². The number of aryl methyl sites for hydroxylation is 1. The van der Waals surface area contributed by atoms with Crippen LogP contribution in [0.3, 0.4) is 0 Å². The van der Waals surface area contributed by atoms with Crippen LogP contribution in [0.4, 0.5) is 10.8 Å². The molecule has 1 aromatic carbocycles. The number of aromatic nitrogens is 3. The van der Waals surface area contributed by atoms with Gasteiger partial charge in [-0.25, -0.2) is 4.98 Å². The predicted molar refractivity (Wildman–Crippen MR) is 126 cm³/mol. The summed E-state index contributed by atoms with van der Waals surface area (Å²) in [6, 6.07) is 13.8. The van der Waals surface area contributed by atoms with E-state index >= 15 is 0 Å². The molecule has 7 heteroatoms. The van der Waals surface area contributed by atoms with E-state index < -0.39 is 0 Å². The molecule has 0 bridgehead atoms. The van der Waals surface area contributed by atoms with Gasteiger partial charge in [-0.15, -0.1) is 0 Å². The van der Waals surface area contributed by atoms with Crippen LogP contribution < -0.4 is 10.2 Å². The number of rotatable bonds is 5. The van der Waals surface area contributed by atoms with Crippen molar-refractivity contribution < 1.29 is 4.79 Å². The molecule has 0 spiro atoms. The number of carbonyl (C=O) groups excluding carboxylic acids is 1. The maximum absolute atomic E-state index is 13.0. The highest BCUT2D eigenvalue weighted by molar-refractivity contribution is 7.22. The Hall–Kier alpha value is -3.19. The lowest BCUT2D eigenvalue weighted by atomic mass is 10.2. The summed E-state index contributed by atoms with van der Waals surface area (Å²) in [6.45, 7) is 6.82. The number of amides is 1. The SMILES string of the molecule is Cc1cc(C(=O)Nc2ccc3nc(N4CCCC4)sc3c2)c(C)n1Cc1ccccn1. The Bertz CT molecular complexity index is 1240. The summed E-state index contributed by atoms with van der Waals surface area (Å²) in [5.74, 6) is -0.0935. The fourth-order valence-corrected chi connectivity index (χ4v) is 5.22. The number of benzene rings is 1. The number of hydrogen-bond donors (Lipinski definition) is 1. The van der Waals surface area contributed by atoms with Gasteiger partial charge in [-0.05, 0) is 63.1 Å². The number of thiazole rings is 1. The minimum Gasteiger partial charge on any atom is -0.348 e. The van der Waals surface area contributed by atoms with Gasteiger partial charge in [-0.3, -0.25) is 9.78 Å². The molecule has 5 rings (SSSR count). The van der Waals surface area contributed by atoms with Gasteiger partial charge in [0.2, 0.25) is 0 Å². The number of pyridine rings is 1. The van der Waals surface area contributed by atoms with Crippen LogP contribution in [0.1, 0.15) is 40.3 Å². The molecule has 1 fully saturated rings. The smallest absolute Gasteiger partial charge is 0.257 e. The summed E-state index contributed by atoms with van der Waals surface area (Å²) in [7, 11) is 0. The van der Waals surface area contributed by atoms with Gasteiger partial charge in [-0.1, -0.05) is 17.4 Å². The molecule has 1 N–H and O–H groups in total. The lowest BCUT2D eigenvalue weighted by Gasteiger charge is -2.11. The molecule has 0 saturated carbocycles. The first-order valence-electron chi connectivity index (χ1n) is 10.6. The van der Waals surface area contributed by atoms with Gasteiger partial charge in [0.1, 0.15) is 0 Å². The molecule has 158 valence electrons. The van der Waals surface area contributed by atoms with Crippen LogP contribution >= 0.6 is 11.3 Å². The van der Waals surface area contributed by atoms with Crippen LogP contribution in [0.5, 0.6) is 0 Å². The topological polar surface area (TPSA) is 63.1 Å². The van der Waals surface area contributed by atoms with Gasteiger partial charge in [0.25, 0.3) is 5.91 Å². The van der Waals surface area contributed by atoms with Crippen molar-refractivity contribution in [1.29, 1.82) is 0 Å². The number of nitrogens with zero attached hydrogens (tertiary/aromatic N) is 4. The highest BCUT2D eigenvalue weighted by atomic mass is 32.1. The lowest BCUT2D eigenvalue weighted by Crippen LogP contribution is -2.16. The van der Waals surface area contributed by atoms with Crippen molar-refractivity contribution in [3.8, 4) is 0 Å². The van der Waals surface area contributed by atoms with Crippen LogP contribution in [0.25, 0.3) is 10.2 Å². The zero-order chi connectivity index (χ0) is 21.4. The van der Waals surface area contributed by atoms with Gasteiger partial charge in [-0.2, -0.15) is 0 Å². The van der Waals surface area contributed by atoms with Gasteiger partial charge < -0.3 is 14.8 Å². The monoisotopic (exact) mass is 431 g/mol. The summed E-state index contributed by atoms with van der Waals surface area (Å²) in [5.41, 5.74) is 5.43. The van der Waals surface area contributed by atoms with E-state index in [0.717, 1.165) is 51.2 Å². The van der Waals surface area contributed by atoms with Crippen LogP contribution in [0, 0.1) is 13.8 Å². The van der Waals surface area contributed by atoms with Crippen LogP contribution in [0.15, 0.2) is 48.7 Å². The zero-order valence-corrected chi connectivity index (χ0v) is 18.6. The van der Waals surface area contributed by atoms with Crippen LogP contribution in [-0.4, -0.2) is 33.5 Å². The Morgan fingerprint density at radius 1 is 1.13 bits per heavy atom. The minimum atomic E-state index is -0.0935. The van der Waals surface area contributed by atoms with Gasteiger partial charge in [0.15, 0.2) is 5.13 Å². The van der Waals surface area contributed by atoms with Gasteiger partial charge in [0.05, 0.1) is 28.0 Å². The minimum absolute atomic E-state index is 0.0935. The molecule has 6 nitrogen and oxygen atoms in total. The van der Waals surface area contributed by atoms with Crippen molar-refractivity contribution in [2.45, 2.75) is 33.2 Å². The van der Waals surface area contributed by atoms with E-state index in [1.165, 1.54) is 12.8 Å². The molecule has 4 aromatic rings. The Morgan fingerprint density at radius 3 is 2.74 bits per heavy atom. The first kappa shape index (κ1) is 19.8. The molecule has 1 amide bonds. The van der Waals surface area contributed by atoms with Crippen LogP contribution in [-0.2, 0) is 6.54 Å². The van der Waals surface area contributed by atoms with E-state index in [1.807, 2.05) is 56.3 Å². The number of hydrogen-bond acceptors (Lipinski definition) is 5. The third-order valence-corrected chi connectivity index (χ3v) is 6.96. The molecule has 1 aliphatic rings. The Balaban J connectivity index is 1.36. The zero-order valence-electron chi connectivity index (χ0n) is 17.8. The predicted octanol–water partition coefficient (Wildman–Crippen LogP) is 5.01. The Kier molecular flexibility index (Phi) is 5.19. The van der Waals surface area contributed by atoms with Crippen LogP contribution in [0.2, 0.25) is 0 Å². The number of anilines is 2. The molecule has 1 saturated heterocycles. The molecule has 0 atom stereocenters. The number of carbonyl (C=O) groups is 1. The Labute approximate surface area is 185 Å². The molecule has 0 aliphatic carbocycles. The summed E-state index contributed by atoms with van der Waals surface area (Å²) in [6.07, 6.45) is 4.26. The fraction of sp³-hybridized carbons (Fsp3) is 0.292. The third kappa shape index (κ3) is 3.93. The largest absolute Gasteiger partial charge is 0.348 e. The van der Waals surface area contributed by atoms with E-state index in [1.54, 1.807) is 17.5 Å².